The molecule has 0 unspecified atom stereocenters. The predicted octanol–water partition coefficient (Wildman–Crippen LogP) is 4.69. The summed E-state index contributed by atoms with van der Waals surface area (Å²) in [5, 5.41) is 2.76. The summed E-state index contributed by atoms with van der Waals surface area (Å²) >= 11 is 4.96. The third-order valence-corrected chi connectivity index (χ3v) is 4.88. The number of hydrogen-bond acceptors (Lipinski definition) is 3. The van der Waals surface area contributed by atoms with Crippen molar-refractivity contribution in [2.45, 2.75) is 26.3 Å². The summed E-state index contributed by atoms with van der Waals surface area (Å²) in [4.78, 5) is 17.9. The normalized spacial score (nSPS) is 11.1. The number of aromatic nitrogens is 2. The molecule has 3 nitrogen and oxygen atoms in total. The zero-order chi connectivity index (χ0) is 14.8. The molecule has 3 rings (SSSR count). The Hall–Kier alpha value is -1.46. The molecule has 2 aromatic heterocycles. The van der Waals surface area contributed by atoms with Crippen LogP contribution in [0.3, 0.4) is 0 Å². The highest BCUT2D eigenvalue weighted by molar-refractivity contribution is 9.10. The number of unbranched alkanes of at least 4 members (excludes halogenated alkanes) is 1. The Kier molecular flexibility index (Phi) is 4.22. The van der Waals surface area contributed by atoms with E-state index in [9.17, 15) is 4.79 Å². The van der Waals surface area contributed by atoms with Gasteiger partial charge in [-0.2, -0.15) is 0 Å². The third-order valence-electron chi connectivity index (χ3n) is 3.47. The van der Waals surface area contributed by atoms with Gasteiger partial charge in [0.15, 0.2) is 0 Å². The first-order valence-electron chi connectivity index (χ1n) is 6.93. The zero-order valence-corrected chi connectivity index (χ0v) is 14.1. The van der Waals surface area contributed by atoms with Gasteiger partial charge in [-0.1, -0.05) is 41.4 Å². The molecule has 0 atom stereocenters. The molecule has 0 spiro atoms. The van der Waals surface area contributed by atoms with Crippen molar-refractivity contribution in [3.05, 3.63) is 50.8 Å². The van der Waals surface area contributed by atoms with Crippen molar-refractivity contribution in [2.75, 3.05) is 0 Å². The van der Waals surface area contributed by atoms with Crippen LogP contribution in [0.5, 0.6) is 0 Å². The third kappa shape index (κ3) is 2.80. The fourth-order valence-corrected chi connectivity index (χ4v) is 3.47. The van der Waals surface area contributed by atoms with Gasteiger partial charge in [0.25, 0.3) is 5.56 Å². The van der Waals surface area contributed by atoms with Crippen LogP contribution in [0.15, 0.2) is 45.2 Å². The minimum absolute atomic E-state index is 0.0626. The molecule has 1 aromatic carbocycles. The summed E-state index contributed by atoms with van der Waals surface area (Å²) in [5.41, 5.74) is 2.09. The standard InChI is InChI=1S/C16H15BrN2OS/c1-2-3-8-19-10-18-15-14(16(19)20)13(9-21-15)11-4-6-12(17)7-5-11/h4-7,9-10H,2-3,8H2,1H3. The molecule has 0 saturated carbocycles. The molecule has 5 heteroatoms. The Morgan fingerprint density at radius 1 is 1.29 bits per heavy atom. The first-order chi connectivity index (χ1) is 10.2. The molecule has 2 heterocycles. The average Bonchev–Trinajstić information content (AvgIpc) is 2.92. The Balaban J connectivity index is 2.15. The molecule has 0 saturated heterocycles. The Morgan fingerprint density at radius 2 is 2.05 bits per heavy atom. The number of benzene rings is 1. The van der Waals surface area contributed by atoms with Crippen LogP contribution in [-0.2, 0) is 6.54 Å². The van der Waals surface area contributed by atoms with Gasteiger partial charge < -0.3 is 0 Å². The van der Waals surface area contributed by atoms with E-state index in [-0.39, 0.29) is 5.56 Å². The molecule has 0 amide bonds. The number of halogens is 1. The van der Waals surface area contributed by atoms with Gasteiger partial charge in [-0.05, 0) is 24.1 Å². The molecule has 0 aliphatic heterocycles. The minimum Gasteiger partial charge on any atom is -0.299 e. The van der Waals surface area contributed by atoms with E-state index in [0.717, 1.165) is 45.2 Å². The highest BCUT2D eigenvalue weighted by Gasteiger charge is 2.12. The van der Waals surface area contributed by atoms with Crippen LogP contribution in [-0.4, -0.2) is 9.55 Å². The van der Waals surface area contributed by atoms with Gasteiger partial charge in [-0.25, -0.2) is 4.98 Å². The van der Waals surface area contributed by atoms with E-state index < -0.39 is 0 Å². The fraction of sp³-hybridized carbons (Fsp3) is 0.250. The van der Waals surface area contributed by atoms with E-state index in [2.05, 4.69) is 27.8 Å². The maximum atomic E-state index is 12.7. The van der Waals surface area contributed by atoms with Crippen LogP contribution in [0.4, 0.5) is 0 Å². The van der Waals surface area contributed by atoms with Crippen molar-refractivity contribution >= 4 is 37.5 Å². The van der Waals surface area contributed by atoms with Gasteiger partial charge >= 0.3 is 0 Å². The lowest BCUT2D eigenvalue weighted by molar-refractivity contribution is 0.609. The smallest absolute Gasteiger partial charge is 0.262 e. The second-order valence-corrected chi connectivity index (χ2v) is 6.71. The van der Waals surface area contributed by atoms with Crippen LogP contribution < -0.4 is 5.56 Å². The molecule has 21 heavy (non-hydrogen) atoms. The predicted molar refractivity (Wildman–Crippen MR) is 91.9 cm³/mol. The number of rotatable bonds is 4. The highest BCUT2D eigenvalue weighted by Crippen LogP contribution is 2.31. The van der Waals surface area contributed by atoms with Gasteiger partial charge in [0.05, 0.1) is 11.7 Å². The molecule has 0 radical (unpaired) electrons. The Labute approximate surface area is 135 Å². The van der Waals surface area contributed by atoms with Crippen LogP contribution in [0.2, 0.25) is 0 Å². The molecule has 0 bridgehead atoms. The zero-order valence-electron chi connectivity index (χ0n) is 11.7. The molecular weight excluding hydrogens is 348 g/mol. The van der Waals surface area contributed by atoms with E-state index >= 15 is 0 Å². The number of nitrogens with zero attached hydrogens (tertiary/aromatic N) is 2. The lowest BCUT2D eigenvalue weighted by atomic mass is 10.1. The van der Waals surface area contributed by atoms with Crippen LogP contribution in [0, 0.1) is 0 Å². The summed E-state index contributed by atoms with van der Waals surface area (Å²) in [5.74, 6) is 0. The van der Waals surface area contributed by atoms with Crippen molar-refractivity contribution < 1.29 is 0 Å². The van der Waals surface area contributed by atoms with Gasteiger partial charge in [0, 0.05) is 22.0 Å². The molecule has 0 N–H and O–H groups in total. The van der Waals surface area contributed by atoms with Crippen LogP contribution in [0.25, 0.3) is 21.3 Å². The quantitative estimate of drug-likeness (QED) is 0.674. The minimum atomic E-state index is 0.0626. The van der Waals surface area contributed by atoms with Gasteiger partial charge in [-0.15, -0.1) is 11.3 Å². The number of fused-ring (bicyclic) bond motifs is 1. The first-order valence-corrected chi connectivity index (χ1v) is 8.60. The van der Waals surface area contributed by atoms with Crippen molar-refractivity contribution in [3.63, 3.8) is 0 Å². The van der Waals surface area contributed by atoms with E-state index in [0.29, 0.717) is 0 Å². The van der Waals surface area contributed by atoms with Gasteiger partial charge in [0.1, 0.15) is 4.83 Å². The van der Waals surface area contributed by atoms with Gasteiger partial charge in [-0.3, -0.25) is 9.36 Å². The maximum Gasteiger partial charge on any atom is 0.262 e. The Morgan fingerprint density at radius 3 is 2.76 bits per heavy atom. The fourth-order valence-electron chi connectivity index (χ4n) is 2.30. The summed E-state index contributed by atoms with van der Waals surface area (Å²) in [6.45, 7) is 2.85. The molecule has 0 fully saturated rings. The first kappa shape index (κ1) is 14.5. The highest BCUT2D eigenvalue weighted by atomic mass is 79.9. The summed E-state index contributed by atoms with van der Waals surface area (Å²) in [6, 6.07) is 8.03. The van der Waals surface area contributed by atoms with Crippen molar-refractivity contribution in [2.24, 2.45) is 0 Å². The van der Waals surface area contributed by atoms with Gasteiger partial charge in [0.2, 0.25) is 0 Å². The summed E-state index contributed by atoms with van der Waals surface area (Å²) in [7, 11) is 0. The lowest BCUT2D eigenvalue weighted by Crippen LogP contribution is -2.20. The molecule has 0 aliphatic rings. The summed E-state index contributed by atoms with van der Waals surface area (Å²) in [6.07, 6.45) is 3.72. The van der Waals surface area contributed by atoms with E-state index in [1.54, 1.807) is 10.9 Å². The maximum absolute atomic E-state index is 12.7. The van der Waals surface area contributed by atoms with Crippen molar-refractivity contribution in [1.29, 1.82) is 0 Å². The number of hydrogen-bond donors (Lipinski definition) is 0. The lowest BCUT2D eigenvalue weighted by Gasteiger charge is -2.05. The average molecular weight is 363 g/mol. The topological polar surface area (TPSA) is 34.9 Å². The van der Waals surface area contributed by atoms with Crippen LogP contribution in [0.1, 0.15) is 19.8 Å². The van der Waals surface area contributed by atoms with E-state index in [4.69, 9.17) is 0 Å². The van der Waals surface area contributed by atoms with E-state index in [1.165, 1.54) is 11.3 Å². The molecule has 3 aromatic rings. The monoisotopic (exact) mass is 362 g/mol. The number of thiophene rings is 1. The molecule has 108 valence electrons. The van der Waals surface area contributed by atoms with Crippen molar-refractivity contribution in [3.8, 4) is 11.1 Å². The van der Waals surface area contributed by atoms with E-state index in [1.807, 2.05) is 29.6 Å². The SMILES string of the molecule is CCCCn1cnc2scc(-c3ccc(Br)cc3)c2c1=O. The second kappa shape index (κ2) is 6.12. The largest absolute Gasteiger partial charge is 0.299 e. The second-order valence-electron chi connectivity index (χ2n) is 4.93. The summed E-state index contributed by atoms with van der Waals surface area (Å²) < 4.78 is 2.75. The van der Waals surface area contributed by atoms with Crippen LogP contribution >= 0.6 is 27.3 Å². The number of aryl methyl sites for hydroxylation is 1. The molecular formula is C16H15BrN2OS. The Bertz CT molecular complexity index is 820. The van der Waals surface area contributed by atoms with Crippen molar-refractivity contribution in [1.82, 2.24) is 9.55 Å². The molecule has 0 aliphatic carbocycles.